The van der Waals surface area contributed by atoms with Crippen LogP contribution in [0.4, 0.5) is 10.1 Å². The second kappa shape index (κ2) is 9.47. The molecule has 0 saturated carbocycles. The zero-order chi connectivity index (χ0) is 24.5. The van der Waals surface area contributed by atoms with Crippen molar-refractivity contribution >= 4 is 33.2 Å². The van der Waals surface area contributed by atoms with Gasteiger partial charge in [0.1, 0.15) is 18.1 Å². The quantitative estimate of drug-likeness (QED) is 0.531. The van der Waals surface area contributed by atoms with Crippen molar-refractivity contribution in [2.24, 2.45) is 0 Å². The third-order valence-electron chi connectivity index (χ3n) is 5.22. The number of hydrogen-bond donors (Lipinski definition) is 1. The van der Waals surface area contributed by atoms with Gasteiger partial charge in [-0.1, -0.05) is 48.0 Å². The summed E-state index contributed by atoms with van der Waals surface area (Å²) in [5, 5.41) is -0.0537. The Morgan fingerprint density at radius 1 is 1.09 bits per heavy atom. The molecule has 1 aromatic heterocycles. The predicted molar refractivity (Wildman–Crippen MR) is 126 cm³/mol. The molecule has 4 rings (SSSR count). The highest BCUT2D eigenvalue weighted by Crippen LogP contribution is 2.26. The van der Waals surface area contributed by atoms with Crippen LogP contribution < -0.4 is 14.9 Å². The van der Waals surface area contributed by atoms with Crippen molar-refractivity contribution in [1.29, 1.82) is 0 Å². The summed E-state index contributed by atoms with van der Waals surface area (Å²) in [5.74, 6) is -1.28. The minimum absolute atomic E-state index is 0.00621. The van der Waals surface area contributed by atoms with E-state index in [4.69, 9.17) is 16.3 Å². The molecule has 178 valence electrons. The molecule has 0 saturated heterocycles. The summed E-state index contributed by atoms with van der Waals surface area (Å²) >= 11 is 5.86. The Kier molecular flexibility index (Phi) is 6.63. The number of sulfonamides is 1. The lowest BCUT2D eigenvalue weighted by Crippen LogP contribution is -2.42. The van der Waals surface area contributed by atoms with E-state index in [-0.39, 0.29) is 48.4 Å². The Bertz CT molecular complexity index is 1410. The van der Waals surface area contributed by atoms with Gasteiger partial charge in [0.25, 0.3) is 5.91 Å². The van der Waals surface area contributed by atoms with Crippen LogP contribution in [0.1, 0.15) is 21.6 Å². The van der Waals surface area contributed by atoms with Gasteiger partial charge in [-0.3, -0.25) is 14.3 Å². The molecule has 2 aromatic carbocycles. The van der Waals surface area contributed by atoms with E-state index in [1.54, 1.807) is 12.1 Å². The SMILES string of the molecule is CS(=O)(=O)Nc1cn2c(c(OCc3ccccc3)c1=O)C(=O)N(Cc1ccc(F)c(Cl)c1)CC2. The summed E-state index contributed by atoms with van der Waals surface area (Å²) in [6.07, 6.45) is 2.24. The molecule has 0 spiro atoms. The number of halogens is 2. The summed E-state index contributed by atoms with van der Waals surface area (Å²) in [7, 11) is -3.74. The molecule has 0 atom stereocenters. The maximum Gasteiger partial charge on any atom is 0.274 e. The van der Waals surface area contributed by atoms with Gasteiger partial charge in [0.2, 0.25) is 15.5 Å². The van der Waals surface area contributed by atoms with Crippen molar-refractivity contribution in [3.63, 3.8) is 0 Å². The highest BCUT2D eigenvalue weighted by Gasteiger charge is 2.31. The van der Waals surface area contributed by atoms with E-state index >= 15 is 0 Å². The summed E-state index contributed by atoms with van der Waals surface area (Å²) in [6, 6.07) is 13.2. The smallest absolute Gasteiger partial charge is 0.274 e. The minimum atomic E-state index is -3.74. The Morgan fingerprint density at radius 3 is 2.50 bits per heavy atom. The van der Waals surface area contributed by atoms with E-state index in [2.05, 4.69) is 4.72 Å². The Hall–Kier alpha value is -3.37. The normalized spacial score (nSPS) is 13.5. The van der Waals surface area contributed by atoms with Crippen LogP contribution >= 0.6 is 11.6 Å². The first kappa shape index (κ1) is 23.8. The monoisotopic (exact) mass is 505 g/mol. The average molecular weight is 506 g/mol. The van der Waals surface area contributed by atoms with Crippen LogP contribution in [0.3, 0.4) is 0 Å². The Morgan fingerprint density at radius 2 is 1.82 bits per heavy atom. The van der Waals surface area contributed by atoms with Crippen LogP contribution in [0.15, 0.2) is 59.5 Å². The molecule has 0 unspecified atom stereocenters. The van der Waals surface area contributed by atoms with Crippen molar-refractivity contribution in [3.8, 4) is 5.75 Å². The van der Waals surface area contributed by atoms with Crippen molar-refractivity contribution in [3.05, 3.63) is 92.6 Å². The maximum absolute atomic E-state index is 13.5. The number of carbonyl (C=O) groups is 1. The molecule has 0 radical (unpaired) electrons. The van der Waals surface area contributed by atoms with Crippen molar-refractivity contribution < 1.29 is 22.3 Å². The van der Waals surface area contributed by atoms with E-state index in [0.717, 1.165) is 11.8 Å². The third kappa shape index (κ3) is 5.23. The third-order valence-corrected chi connectivity index (χ3v) is 6.10. The molecule has 1 N–H and O–H groups in total. The van der Waals surface area contributed by atoms with Gasteiger partial charge in [-0.15, -0.1) is 0 Å². The molecule has 2 heterocycles. The number of amides is 1. The van der Waals surface area contributed by atoms with Gasteiger partial charge >= 0.3 is 0 Å². The fourth-order valence-corrected chi connectivity index (χ4v) is 4.41. The van der Waals surface area contributed by atoms with Crippen LogP contribution in [0.25, 0.3) is 0 Å². The molecule has 1 aliphatic heterocycles. The van der Waals surface area contributed by atoms with E-state index in [9.17, 15) is 22.4 Å². The lowest BCUT2D eigenvalue weighted by molar-refractivity contribution is 0.0680. The molecule has 1 amide bonds. The average Bonchev–Trinajstić information content (AvgIpc) is 2.78. The van der Waals surface area contributed by atoms with E-state index in [1.165, 1.54) is 33.9 Å². The van der Waals surface area contributed by atoms with Crippen LogP contribution in [0.5, 0.6) is 5.75 Å². The molecule has 8 nitrogen and oxygen atoms in total. The number of hydrogen-bond acceptors (Lipinski definition) is 5. The molecule has 11 heteroatoms. The maximum atomic E-state index is 13.5. The van der Waals surface area contributed by atoms with Crippen LogP contribution in [-0.2, 0) is 29.7 Å². The van der Waals surface area contributed by atoms with Gasteiger partial charge in [-0.2, -0.15) is 0 Å². The zero-order valence-electron chi connectivity index (χ0n) is 18.1. The number of carbonyl (C=O) groups excluding carboxylic acids is 1. The van der Waals surface area contributed by atoms with Gasteiger partial charge in [0, 0.05) is 25.8 Å². The number of benzene rings is 2. The fraction of sp³-hybridized carbons (Fsp3) is 0.217. The van der Waals surface area contributed by atoms with Gasteiger partial charge in [0.05, 0.1) is 11.3 Å². The predicted octanol–water partition coefficient (Wildman–Crippen LogP) is 3.25. The second-order valence-electron chi connectivity index (χ2n) is 7.87. The summed E-state index contributed by atoms with van der Waals surface area (Å²) in [6.45, 7) is 0.720. The molecule has 1 aliphatic rings. The van der Waals surface area contributed by atoms with E-state index < -0.39 is 27.2 Å². The number of rotatable bonds is 7. The molecule has 3 aromatic rings. The van der Waals surface area contributed by atoms with Gasteiger partial charge in [-0.25, -0.2) is 12.8 Å². The number of nitrogens with one attached hydrogen (secondary N) is 1. The number of aromatic nitrogens is 1. The minimum Gasteiger partial charge on any atom is -0.482 e. The van der Waals surface area contributed by atoms with E-state index in [1.807, 2.05) is 18.2 Å². The van der Waals surface area contributed by atoms with Crippen molar-refractivity contribution in [2.75, 3.05) is 17.5 Å². The summed E-state index contributed by atoms with van der Waals surface area (Å²) < 4.78 is 46.6. The van der Waals surface area contributed by atoms with Crippen LogP contribution in [0, 0.1) is 5.82 Å². The number of nitrogens with zero attached hydrogens (tertiary/aromatic N) is 2. The van der Waals surface area contributed by atoms with Crippen LogP contribution in [-0.4, -0.2) is 36.6 Å². The van der Waals surface area contributed by atoms with Crippen LogP contribution in [0.2, 0.25) is 5.02 Å². The summed E-state index contributed by atoms with van der Waals surface area (Å²) in [4.78, 5) is 28.0. The highest BCUT2D eigenvalue weighted by atomic mass is 35.5. The van der Waals surface area contributed by atoms with Gasteiger partial charge in [0.15, 0.2) is 11.4 Å². The van der Waals surface area contributed by atoms with E-state index in [0.29, 0.717) is 5.56 Å². The van der Waals surface area contributed by atoms with Crippen molar-refractivity contribution in [1.82, 2.24) is 9.47 Å². The fourth-order valence-electron chi connectivity index (χ4n) is 3.66. The molecular formula is C23H21ClFN3O5S. The Balaban J connectivity index is 1.72. The van der Waals surface area contributed by atoms with Gasteiger partial charge < -0.3 is 14.2 Å². The van der Waals surface area contributed by atoms with Gasteiger partial charge in [-0.05, 0) is 23.3 Å². The topological polar surface area (TPSA) is 97.7 Å². The number of ether oxygens (including phenoxy) is 1. The highest BCUT2D eigenvalue weighted by molar-refractivity contribution is 7.92. The lowest BCUT2D eigenvalue weighted by Gasteiger charge is -2.31. The lowest BCUT2D eigenvalue weighted by atomic mass is 10.1. The zero-order valence-corrected chi connectivity index (χ0v) is 19.7. The molecule has 0 aliphatic carbocycles. The first-order valence-electron chi connectivity index (χ1n) is 10.3. The summed E-state index contributed by atoms with van der Waals surface area (Å²) in [5.41, 5.74) is 0.453. The number of pyridine rings is 1. The molecular weight excluding hydrogens is 485 g/mol. The molecule has 0 fully saturated rings. The van der Waals surface area contributed by atoms with Crippen molar-refractivity contribution in [2.45, 2.75) is 19.7 Å². The first-order valence-corrected chi connectivity index (χ1v) is 12.5. The Labute approximate surface area is 200 Å². The standard InChI is InChI=1S/C23H21ClFN3O5S/c1-34(31,32)26-19-13-27-9-10-28(12-16-7-8-18(25)17(24)11-16)23(30)20(27)22(21(19)29)33-14-15-5-3-2-4-6-15/h2-8,11,13,26H,9-10,12,14H2,1H3. The number of anilines is 1. The number of fused-ring (bicyclic) bond motifs is 1. The molecule has 34 heavy (non-hydrogen) atoms. The largest absolute Gasteiger partial charge is 0.482 e. The molecule has 0 bridgehead atoms. The second-order valence-corrected chi connectivity index (χ2v) is 10.0. The first-order chi connectivity index (χ1) is 16.1.